The summed E-state index contributed by atoms with van der Waals surface area (Å²) in [5.74, 6) is 0.0532. The summed E-state index contributed by atoms with van der Waals surface area (Å²) in [6.45, 7) is 1.09. The second-order valence-corrected chi connectivity index (χ2v) is 4.57. The highest BCUT2D eigenvalue weighted by atomic mass is 16.1. The van der Waals surface area contributed by atoms with Crippen LogP contribution in [0.25, 0.3) is 0 Å². The summed E-state index contributed by atoms with van der Waals surface area (Å²) in [6.07, 6.45) is 6.99. The SMILES string of the molecule is O=C(CNc1ccccc1)NCCC1=CCCC1. The Bertz CT molecular complexity index is 412. The summed E-state index contributed by atoms with van der Waals surface area (Å²) in [6, 6.07) is 9.77. The minimum Gasteiger partial charge on any atom is -0.376 e. The van der Waals surface area contributed by atoms with Gasteiger partial charge in [-0.2, -0.15) is 0 Å². The van der Waals surface area contributed by atoms with E-state index in [-0.39, 0.29) is 5.91 Å². The molecule has 2 rings (SSSR count). The first kappa shape index (κ1) is 12.7. The van der Waals surface area contributed by atoms with Gasteiger partial charge < -0.3 is 10.6 Å². The molecule has 3 heteroatoms. The third-order valence-electron chi connectivity index (χ3n) is 3.13. The Morgan fingerprint density at radius 3 is 2.78 bits per heavy atom. The van der Waals surface area contributed by atoms with E-state index in [9.17, 15) is 4.79 Å². The molecule has 0 saturated carbocycles. The number of carbonyl (C=O) groups excluding carboxylic acids is 1. The molecule has 0 unspecified atom stereocenters. The highest BCUT2D eigenvalue weighted by Gasteiger charge is 2.05. The smallest absolute Gasteiger partial charge is 0.239 e. The van der Waals surface area contributed by atoms with Crippen molar-refractivity contribution >= 4 is 11.6 Å². The summed E-state index contributed by atoms with van der Waals surface area (Å²) < 4.78 is 0. The first-order valence-corrected chi connectivity index (χ1v) is 6.58. The van der Waals surface area contributed by atoms with Gasteiger partial charge in [0.05, 0.1) is 6.54 Å². The first-order valence-electron chi connectivity index (χ1n) is 6.58. The third kappa shape index (κ3) is 4.24. The number of benzene rings is 1. The van der Waals surface area contributed by atoms with Gasteiger partial charge in [0, 0.05) is 12.2 Å². The van der Waals surface area contributed by atoms with Crippen LogP contribution in [0.1, 0.15) is 25.7 Å². The van der Waals surface area contributed by atoms with Gasteiger partial charge >= 0.3 is 0 Å². The largest absolute Gasteiger partial charge is 0.376 e. The number of hydrogen-bond donors (Lipinski definition) is 2. The van der Waals surface area contributed by atoms with Crippen molar-refractivity contribution in [2.24, 2.45) is 0 Å². The number of carbonyl (C=O) groups is 1. The Morgan fingerprint density at radius 2 is 2.06 bits per heavy atom. The van der Waals surface area contributed by atoms with Gasteiger partial charge in [-0.1, -0.05) is 29.8 Å². The summed E-state index contributed by atoms with van der Waals surface area (Å²) >= 11 is 0. The number of hydrogen-bond acceptors (Lipinski definition) is 2. The zero-order valence-corrected chi connectivity index (χ0v) is 10.6. The van der Waals surface area contributed by atoms with Gasteiger partial charge in [0.2, 0.25) is 5.91 Å². The quantitative estimate of drug-likeness (QED) is 0.755. The van der Waals surface area contributed by atoms with Crippen LogP contribution in [0.4, 0.5) is 5.69 Å². The second-order valence-electron chi connectivity index (χ2n) is 4.57. The van der Waals surface area contributed by atoms with E-state index in [0.717, 1.165) is 18.7 Å². The van der Waals surface area contributed by atoms with Crippen molar-refractivity contribution in [3.05, 3.63) is 42.0 Å². The molecule has 0 bridgehead atoms. The van der Waals surface area contributed by atoms with Crippen LogP contribution < -0.4 is 10.6 Å². The maximum Gasteiger partial charge on any atom is 0.239 e. The molecule has 1 amide bonds. The Kier molecular flexibility index (Phi) is 4.82. The normalized spacial score (nSPS) is 14.1. The molecule has 18 heavy (non-hydrogen) atoms. The fraction of sp³-hybridized carbons (Fsp3) is 0.400. The Morgan fingerprint density at radius 1 is 1.22 bits per heavy atom. The maximum atomic E-state index is 11.6. The Hall–Kier alpha value is -1.77. The number of anilines is 1. The van der Waals surface area contributed by atoms with Gasteiger partial charge in [-0.05, 0) is 37.8 Å². The molecule has 0 radical (unpaired) electrons. The van der Waals surface area contributed by atoms with E-state index in [0.29, 0.717) is 6.54 Å². The van der Waals surface area contributed by atoms with E-state index in [1.54, 1.807) is 0 Å². The molecule has 0 atom stereocenters. The monoisotopic (exact) mass is 244 g/mol. The van der Waals surface area contributed by atoms with Crippen molar-refractivity contribution in [3.8, 4) is 0 Å². The van der Waals surface area contributed by atoms with Crippen LogP contribution in [0.3, 0.4) is 0 Å². The summed E-state index contributed by atoms with van der Waals surface area (Å²) in [4.78, 5) is 11.6. The number of allylic oxidation sites excluding steroid dienone is 1. The van der Waals surface area contributed by atoms with Gasteiger partial charge in [-0.25, -0.2) is 0 Å². The standard InChI is InChI=1S/C15H20N2O/c18-15(12-17-14-8-2-1-3-9-14)16-11-10-13-6-4-5-7-13/h1-3,6,8-9,17H,4-5,7,10-12H2,(H,16,18). The lowest BCUT2D eigenvalue weighted by Crippen LogP contribution is -2.30. The lowest BCUT2D eigenvalue weighted by molar-refractivity contribution is -0.119. The number of amides is 1. The van der Waals surface area contributed by atoms with Crippen molar-refractivity contribution in [2.45, 2.75) is 25.7 Å². The molecule has 0 heterocycles. The topological polar surface area (TPSA) is 41.1 Å². The van der Waals surface area contributed by atoms with Crippen LogP contribution in [0.2, 0.25) is 0 Å². The van der Waals surface area contributed by atoms with Crippen LogP contribution in [-0.4, -0.2) is 19.0 Å². The highest BCUT2D eigenvalue weighted by molar-refractivity contribution is 5.80. The molecule has 1 aliphatic rings. The zero-order chi connectivity index (χ0) is 12.6. The van der Waals surface area contributed by atoms with Crippen molar-refractivity contribution in [1.82, 2.24) is 5.32 Å². The van der Waals surface area contributed by atoms with E-state index >= 15 is 0 Å². The summed E-state index contributed by atoms with van der Waals surface area (Å²) in [5.41, 5.74) is 2.47. The molecule has 0 aromatic heterocycles. The van der Waals surface area contributed by atoms with Crippen molar-refractivity contribution < 1.29 is 4.79 Å². The molecule has 0 saturated heterocycles. The van der Waals surface area contributed by atoms with Crippen molar-refractivity contribution in [1.29, 1.82) is 0 Å². The minimum atomic E-state index is 0.0532. The lowest BCUT2D eigenvalue weighted by atomic mass is 10.2. The van der Waals surface area contributed by atoms with Gasteiger partial charge in [0.15, 0.2) is 0 Å². The molecule has 1 aromatic carbocycles. The van der Waals surface area contributed by atoms with E-state index in [1.165, 1.54) is 24.8 Å². The van der Waals surface area contributed by atoms with Crippen LogP contribution >= 0.6 is 0 Å². The average molecular weight is 244 g/mol. The highest BCUT2D eigenvalue weighted by Crippen LogP contribution is 2.19. The van der Waals surface area contributed by atoms with E-state index in [2.05, 4.69) is 16.7 Å². The van der Waals surface area contributed by atoms with Crippen LogP contribution in [0, 0.1) is 0 Å². The average Bonchev–Trinajstić information content (AvgIpc) is 2.91. The Balaban J connectivity index is 1.60. The molecule has 2 N–H and O–H groups in total. The number of rotatable bonds is 6. The third-order valence-corrected chi connectivity index (χ3v) is 3.13. The summed E-state index contributed by atoms with van der Waals surface area (Å²) in [5, 5.41) is 6.03. The molecule has 1 aliphatic carbocycles. The molecular weight excluding hydrogens is 224 g/mol. The van der Waals surface area contributed by atoms with Crippen LogP contribution in [0.15, 0.2) is 42.0 Å². The van der Waals surface area contributed by atoms with E-state index in [1.807, 2.05) is 30.3 Å². The lowest BCUT2D eigenvalue weighted by Gasteiger charge is -2.08. The molecule has 0 fully saturated rings. The van der Waals surface area contributed by atoms with Gasteiger partial charge in [-0.3, -0.25) is 4.79 Å². The Labute approximate surface area is 108 Å². The molecule has 0 aliphatic heterocycles. The maximum absolute atomic E-state index is 11.6. The first-order chi connectivity index (χ1) is 8.84. The molecule has 3 nitrogen and oxygen atoms in total. The summed E-state index contributed by atoms with van der Waals surface area (Å²) in [7, 11) is 0. The molecule has 1 aromatic rings. The van der Waals surface area contributed by atoms with Crippen LogP contribution in [0.5, 0.6) is 0 Å². The van der Waals surface area contributed by atoms with E-state index < -0.39 is 0 Å². The second kappa shape index (κ2) is 6.84. The number of para-hydroxylation sites is 1. The van der Waals surface area contributed by atoms with Crippen LogP contribution in [-0.2, 0) is 4.79 Å². The van der Waals surface area contributed by atoms with E-state index in [4.69, 9.17) is 0 Å². The minimum absolute atomic E-state index is 0.0532. The predicted octanol–water partition coefficient (Wildman–Crippen LogP) is 2.72. The van der Waals surface area contributed by atoms with Gasteiger partial charge in [0.25, 0.3) is 0 Å². The van der Waals surface area contributed by atoms with Crippen molar-refractivity contribution in [2.75, 3.05) is 18.4 Å². The molecule has 96 valence electrons. The zero-order valence-electron chi connectivity index (χ0n) is 10.6. The van der Waals surface area contributed by atoms with Gasteiger partial charge in [-0.15, -0.1) is 0 Å². The number of nitrogens with one attached hydrogen (secondary N) is 2. The fourth-order valence-electron chi connectivity index (χ4n) is 2.13. The molecular formula is C15H20N2O. The van der Waals surface area contributed by atoms with Gasteiger partial charge in [0.1, 0.15) is 0 Å². The molecule has 0 spiro atoms. The fourth-order valence-corrected chi connectivity index (χ4v) is 2.13. The van der Waals surface area contributed by atoms with Crippen molar-refractivity contribution in [3.63, 3.8) is 0 Å². The predicted molar refractivity (Wildman–Crippen MR) is 74.5 cm³/mol.